The molecule has 1 aromatic carbocycles. The molecule has 3 rings (SSSR count). The lowest BCUT2D eigenvalue weighted by Gasteiger charge is -2.09. The smallest absolute Gasteiger partial charge is 0.361 e. The van der Waals surface area contributed by atoms with E-state index in [9.17, 15) is 14.0 Å². The van der Waals surface area contributed by atoms with Crippen LogP contribution in [-0.2, 0) is 11.3 Å². The molecule has 0 spiro atoms. The van der Waals surface area contributed by atoms with E-state index in [4.69, 9.17) is 9.26 Å². The summed E-state index contributed by atoms with van der Waals surface area (Å²) < 4.78 is 24.5. The average molecular weight is 331 g/mol. The summed E-state index contributed by atoms with van der Waals surface area (Å²) in [7, 11) is 0. The zero-order valence-corrected chi connectivity index (χ0v) is 13.1. The maximum Gasteiger partial charge on any atom is 0.361 e. The van der Waals surface area contributed by atoms with Crippen LogP contribution in [0.5, 0.6) is 0 Å². The van der Waals surface area contributed by atoms with E-state index in [0.717, 1.165) is 0 Å². The van der Waals surface area contributed by atoms with Gasteiger partial charge in [-0.25, -0.2) is 9.18 Å². The van der Waals surface area contributed by atoms with Gasteiger partial charge in [0.15, 0.2) is 0 Å². The second-order valence-electron chi connectivity index (χ2n) is 5.11. The molecule has 0 aliphatic heterocycles. The van der Waals surface area contributed by atoms with Gasteiger partial charge in [-0.05, 0) is 31.5 Å². The van der Waals surface area contributed by atoms with Gasteiger partial charge in [0.05, 0.1) is 13.2 Å². The third-order valence-corrected chi connectivity index (χ3v) is 3.49. The Bertz CT molecular complexity index is 977. The maximum atomic E-state index is 13.3. The van der Waals surface area contributed by atoms with Gasteiger partial charge < -0.3 is 9.26 Å². The molecule has 0 amide bonds. The van der Waals surface area contributed by atoms with Crippen LogP contribution in [0.3, 0.4) is 0 Å². The summed E-state index contributed by atoms with van der Waals surface area (Å²) in [5.74, 6) is -0.788. The Balaban J connectivity index is 2.13. The van der Waals surface area contributed by atoms with Crippen molar-refractivity contribution in [2.75, 3.05) is 6.61 Å². The van der Waals surface area contributed by atoms with E-state index in [2.05, 4.69) is 10.1 Å². The summed E-state index contributed by atoms with van der Waals surface area (Å²) in [4.78, 5) is 28.8. The van der Waals surface area contributed by atoms with Crippen molar-refractivity contribution in [1.82, 2.24) is 14.7 Å². The molecule has 0 aliphatic rings. The number of rotatable bonds is 4. The molecule has 0 atom stereocenters. The molecule has 0 aliphatic carbocycles. The highest BCUT2D eigenvalue weighted by molar-refractivity contribution is 5.99. The Morgan fingerprint density at radius 3 is 2.92 bits per heavy atom. The first-order valence-corrected chi connectivity index (χ1v) is 7.29. The van der Waals surface area contributed by atoms with E-state index < -0.39 is 17.3 Å². The van der Waals surface area contributed by atoms with Crippen molar-refractivity contribution >= 4 is 17.1 Å². The zero-order chi connectivity index (χ0) is 17.3. The molecule has 0 fully saturated rings. The Morgan fingerprint density at radius 1 is 1.42 bits per heavy atom. The number of nitrogens with zero attached hydrogens (tertiary/aromatic N) is 3. The number of hydrogen-bond donors (Lipinski definition) is 0. The van der Waals surface area contributed by atoms with Crippen LogP contribution in [0.4, 0.5) is 4.39 Å². The summed E-state index contributed by atoms with van der Waals surface area (Å²) in [6.07, 6.45) is 0. The fourth-order valence-corrected chi connectivity index (χ4v) is 2.38. The number of ether oxygens (including phenoxy) is 1. The molecule has 2 aromatic heterocycles. The van der Waals surface area contributed by atoms with Crippen molar-refractivity contribution in [2.24, 2.45) is 0 Å². The molecule has 0 N–H and O–H groups in total. The number of aryl methyl sites for hydroxylation is 1. The average Bonchev–Trinajstić information content (AvgIpc) is 2.95. The predicted molar refractivity (Wildman–Crippen MR) is 82.3 cm³/mol. The Morgan fingerprint density at radius 2 is 2.21 bits per heavy atom. The Labute approximate surface area is 135 Å². The number of carbonyl (C=O) groups is 1. The molecule has 3 aromatic rings. The van der Waals surface area contributed by atoms with E-state index in [1.54, 1.807) is 26.0 Å². The molecule has 0 unspecified atom stereocenters. The van der Waals surface area contributed by atoms with Gasteiger partial charge in [0.25, 0.3) is 11.3 Å². The first-order valence-electron chi connectivity index (χ1n) is 7.29. The number of fused-ring (bicyclic) bond motifs is 1. The SMILES string of the molecule is CCOC(=O)c1noc2nc(C)n(Cc3cccc(F)c3)c(=O)c12. The summed E-state index contributed by atoms with van der Waals surface area (Å²) in [6.45, 7) is 3.51. The summed E-state index contributed by atoms with van der Waals surface area (Å²) >= 11 is 0. The van der Waals surface area contributed by atoms with Crippen molar-refractivity contribution in [3.05, 3.63) is 57.5 Å². The summed E-state index contributed by atoms with van der Waals surface area (Å²) in [5.41, 5.74) is -0.144. The largest absolute Gasteiger partial charge is 0.461 e. The maximum absolute atomic E-state index is 13.3. The van der Waals surface area contributed by atoms with Crippen LogP contribution < -0.4 is 5.56 Å². The number of aromatic nitrogens is 3. The zero-order valence-electron chi connectivity index (χ0n) is 13.1. The predicted octanol–water partition coefficient (Wildman–Crippen LogP) is 2.06. The van der Waals surface area contributed by atoms with Gasteiger partial charge >= 0.3 is 5.97 Å². The second-order valence-corrected chi connectivity index (χ2v) is 5.11. The molecule has 8 heteroatoms. The Kier molecular flexibility index (Phi) is 4.11. The molecule has 124 valence electrons. The minimum atomic E-state index is -0.753. The van der Waals surface area contributed by atoms with Crippen LogP contribution in [-0.4, -0.2) is 27.3 Å². The lowest BCUT2D eigenvalue weighted by Crippen LogP contribution is -2.25. The van der Waals surface area contributed by atoms with Gasteiger partial charge in [-0.1, -0.05) is 17.3 Å². The highest BCUT2D eigenvalue weighted by Gasteiger charge is 2.23. The number of halogens is 1. The van der Waals surface area contributed by atoms with Crippen LogP contribution >= 0.6 is 0 Å². The van der Waals surface area contributed by atoms with E-state index in [-0.39, 0.29) is 29.9 Å². The topological polar surface area (TPSA) is 87.2 Å². The molecule has 7 nitrogen and oxygen atoms in total. The minimum Gasteiger partial charge on any atom is -0.461 e. The van der Waals surface area contributed by atoms with E-state index in [1.807, 2.05) is 0 Å². The third kappa shape index (κ3) is 2.78. The van der Waals surface area contributed by atoms with E-state index >= 15 is 0 Å². The fraction of sp³-hybridized carbons (Fsp3) is 0.250. The molecule has 0 radical (unpaired) electrons. The number of benzene rings is 1. The van der Waals surface area contributed by atoms with Gasteiger partial charge in [0, 0.05) is 0 Å². The molecule has 24 heavy (non-hydrogen) atoms. The van der Waals surface area contributed by atoms with Crippen LogP contribution in [0.1, 0.15) is 28.8 Å². The van der Waals surface area contributed by atoms with Crippen molar-refractivity contribution in [3.63, 3.8) is 0 Å². The lowest BCUT2D eigenvalue weighted by atomic mass is 10.2. The van der Waals surface area contributed by atoms with Gasteiger partial charge in [-0.2, -0.15) is 4.98 Å². The highest BCUT2D eigenvalue weighted by Crippen LogP contribution is 2.15. The first kappa shape index (κ1) is 15.9. The van der Waals surface area contributed by atoms with Crippen molar-refractivity contribution in [2.45, 2.75) is 20.4 Å². The van der Waals surface area contributed by atoms with Crippen LogP contribution in [0.25, 0.3) is 11.1 Å². The van der Waals surface area contributed by atoms with Gasteiger partial charge in [0.2, 0.25) is 5.69 Å². The highest BCUT2D eigenvalue weighted by atomic mass is 19.1. The van der Waals surface area contributed by atoms with Crippen LogP contribution in [0.2, 0.25) is 0 Å². The molecular weight excluding hydrogens is 317 g/mol. The normalized spacial score (nSPS) is 11.0. The second kappa shape index (κ2) is 6.23. The van der Waals surface area contributed by atoms with Gasteiger partial charge in [-0.15, -0.1) is 0 Å². The Hall–Kier alpha value is -3.03. The van der Waals surface area contributed by atoms with Gasteiger partial charge in [-0.3, -0.25) is 9.36 Å². The van der Waals surface area contributed by atoms with Crippen molar-refractivity contribution in [1.29, 1.82) is 0 Å². The van der Waals surface area contributed by atoms with Crippen LogP contribution in [0, 0.1) is 12.7 Å². The lowest BCUT2D eigenvalue weighted by molar-refractivity contribution is 0.0516. The number of esters is 1. The van der Waals surface area contributed by atoms with Gasteiger partial charge in [0.1, 0.15) is 17.0 Å². The van der Waals surface area contributed by atoms with Crippen molar-refractivity contribution < 1.29 is 18.4 Å². The number of carbonyl (C=O) groups excluding carboxylic acids is 1. The molecule has 0 saturated carbocycles. The first-order chi connectivity index (χ1) is 11.5. The van der Waals surface area contributed by atoms with E-state index in [1.165, 1.54) is 16.7 Å². The molecule has 2 heterocycles. The summed E-state index contributed by atoms with van der Waals surface area (Å²) in [6, 6.07) is 5.90. The summed E-state index contributed by atoms with van der Waals surface area (Å²) in [5, 5.41) is 3.55. The van der Waals surface area contributed by atoms with Crippen molar-refractivity contribution in [3.8, 4) is 0 Å². The quantitative estimate of drug-likeness (QED) is 0.680. The number of hydrogen-bond acceptors (Lipinski definition) is 6. The minimum absolute atomic E-state index is 0.0314. The monoisotopic (exact) mass is 331 g/mol. The van der Waals surface area contributed by atoms with E-state index in [0.29, 0.717) is 11.4 Å². The van der Waals surface area contributed by atoms with Crippen LogP contribution in [0.15, 0.2) is 33.6 Å². The third-order valence-electron chi connectivity index (χ3n) is 3.49. The fourth-order valence-electron chi connectivity index (χ4n) is 2.38. The standard InChI is InChI=1S/C16H14FN3O4/c1-3-23-16(22)13-12-14(24-19-13)18-9(2)20(15(12)21)8-10-5-4-6-11(17)7-10/h4-7H,3,8H2,1-2H3. The molecule has 0 bridgehead atoms. The molecular formula is C16H14FN3O4. The molecule has 0 saturated heterocycles.